The van der Waals surface area contributed by atoms with E-state index in [0.717, 1.165) is 17.8 Å². The van der Waals surface area contributed by atoms with E-state index in [-0.39, 0.29) is 0 Å². The molecule has 0 aliphatic heterocycles. The minimum Gasteiger partial charge on any atom is -0.0654 e. The van der Waals surface area contributed by atoms with Crippen molar-refractivity contribution in [3.05, 3.63) is 0 Å². The first-order chi connectivity index (χ1) is 5.96. The Morgan fingerprint density at radius 1 is 1.31 bits per heavy atom. The zero-order valence-corrected chi connectivity index (χ0v) is 10.1. The Hall–Kier alpha value is 0. The summed E-state index contributed by atoms with van der Waals surface area (Å²) in [6.07, 6.45) is 5.81. The Bertz CT molecular complexity index is 152. The lowest BCUT2D eigenvalue weighted by atomic mass is 9.78. The van der Waals surface area contributed by atoms with Crippen molar-refractivity contribution in [2.45, 2.75) is 60.3 Å². The van der Waals surface area contributed by atoms with E-state index in [9.17, 15) is 0 Å². The Labute approximate surface area is 84.1 Å². The summed E-state index contributed by atoms with van der Waals surface area (Å²) >= 11 is 0. The molecule has 3 atom stereocenters. The van der Waals surface area contributed by atoms with Gasteiger partial charge in [0.2, 0.25) is 0 Å². The fraction of sp³-hybridized carbons (Fsp3) is 1.00. The lowest BCUT2D eigenvalue weighted by Crippen LogP contribution is -2.19. The molecule has 0 heteroatoms. The summed E-state index contributed by atoms with van der Waals surface area (Å²) in [5, 5.41) is 0. The van der Waals surface area contributed by atoms with Crippen molar-refractivity contribution in [2.75, 3.05) is 0 Å². The van der Waals surface area contributed by atoms with E-state index in [1.54, 1.807) is 0 Å². The first-order valence-corrected chi connectivity index (χ1v) is 5.96. The zero-order valence-electron chi connectivity index (χ0n) is 10.1. The molecule has 1 aliphatic rings. The standard InChI is InChI=1S/C13H26/c1-6-7-8-11-9-12(11)10(2)13(3,4)5/h10-12H,6-9H2,1-5H3. The highest BCUT2D eigenvalue weighted by Gasteiger charge is 2.43. The van der Waals surface area contributed by atoms with Crippen LogP contribution in [0.3, 0.4) is 0 Å². The molecule has 0 amide bonds. The summed E-state index contributed by atoms with van der Waals surface area (Å²) < 4.78 is 0. The van der Waals surface area contributed by atoms with Crippen LogP contribution < -0.4 is 0 Å². The van der Waals surface area contributed by atoms with Crippen LogP contribution in [-0.2, 0) is 0 Å². The molecule has 1 aliphatic carbocycles. The molecular weight excluding hydrogens is 156 g/mol. The molecule has 0 nitrogen and oxygen atoms in total. The summed E-state index contributed by atoms with van der Waals surface area (Å²) in [7, 11) is 0. The molecule has 0 aromatic carbocycles. The topological polar surface area (TPSA) is 0 Å². The van der Waals surface area contributed by atoms with Crippen molar-refractivity contribution in [1.29, 1.82) is 0 Å². The molecule has 1 saturated carbocycles. The smallest absolute Gasteiger partial charge is 0.0352 e. The van der Waals surface area contributed by atoms with E-state index in [4.69, 9.17) is 0 Å². The molecule has 0 spiro atoms. The van der Waals surface area contributed by atoms with Gasteiger partial charge < -0.3 is 0 Å². The van der Waals surface area contributed by atoms with Gasteiger partial charge in [0.1, 0.15) is 0 Å². The van der Waals surface area contributed by atoms with E-state index >= 15 is 0 Å². The molecule has 1 rings (SSSR count). The normalized spacial score (nSPS) is 30.2. The molecule has 3 unspecified atom stereocenters. The molecule has 78 valence electrons. The van der Waals surface area contributed by atoms with Gasteiger partial charge in [0.25, 0.3) is 0 Å². The predicted molar refractivity (Wildman–Crippen MR) is 59.7 cm³/mol. The largest absolute Gasteiger partial charge is 0.0654 e. The van der Waals surface area contributed by atoms with Gasteiger partial charge in [-0.25, -0.2) is 0 Å². The van der Waals surface area contributed by atoms with Gasteiger partial charge in [-0.15, -0.1) is 0 Å². The minimum atomic E-state index is 0.519. The summed E-state index contributed by atoms with van der Waals surface area (Å²) in [6, 6.07) is 0. The van der Waals surface area contributed by atoms with Gasteiger partial charge in [-0.2, -0.15) is 0 Å². The highest BCUT2D eigenvalue weighted by molar-refractivity contribution is 4.93. The van der Waals surface area contributed by atoms with Gasteiger partial charge in [-0.05, 0) is 29.6 Å². The number of hydrogen-bond donors (Lipinski definition) is 0. The lowest BCUT2D eigenvalue weighted by molar-refractivity contribution is 0.221. The summed E-state index contributed by atoms with van der Waals surface area (Å²) in [6.45, 7) is 11.9. The quantitative estimate of drug-likeness (QED) is 0.600. The van der Waals surface area contributed by atoms with Crippen LogP contribution in [-0.4, -0.2) is 0 Å². The van der Waals surface area contributed by atoms with Crippen LogP contribution in [0.2, 0.25) is 0 Å². The molecule has 13 heavy (non-hydrogen) atoms. The molecule has 0 radical (unpaired) electrons. The zero-order chi connectivity index (χ0) is 10.1. The SMILES string of the molecule is CCCCC1CC1C(C)C(C)(C)C. The Balaban J connectivity index is 2.26. The molecule has 0 heterocycles. The average Bonchev–Trinajstić information content (AvgIpc) is 2.76. The third-order valence-electron chi connectivity index (χ3n) is 3.91. The van der Waals surface area contributed by atoms with Gasteiger partial charge in [0.15, 0.2) is 0 Å². The van der Waals surface area contributed by atoms with Crippen molar-refractivity contribution in [3.63, 3.8) is 0 Å². The minimum absolute atomic E-state index is 0.519. The van der Waals surface area contributed by atoms with Crippen LogP contribution in [0.25, 0.3) is 0 Å². The lowest BCUT2D eigenvalue weighted by Gasteiger charge is -2.27. The predicted octanol–water partition coefficient (Wildman–Crippen LogP) is 4.49. The van der Waals surface area contributed by atoms with Crippen molar-refractivity contribution < 1.29 is 0 Å². The average molecular weight is 182 g/mol. The van der Waals surface area contributed by atoms with E-state index in [1.807, 2.05) is 0 Å². The van der Waals surface area contributed by atoms with Crippen LogP contribution in [0, 0.1) is 23.2 Å². The van der Waals surface area contributed by atoms with Crippen molar-refractivity contribution >= 4 is 0 Å². The summed E-state index contributed by atoms with van der Waals surface area (Å²) in [5.74, 6) is 3.04. The van der Waals surface area contributed by atoms with E-state index < -0.39 is 0 Å². The van der Waals surface area contributed by atoms with Crippen LogP contribution in [0.4, 0.5) is 0 Å². The Kier molecular flexibility index (Phi) is 3.43. The van der Waals surface area contributed by atoms with Gasteiger partial charge in [0, 0.05) is 0 Å². The van der Waals surface area contributed by atoms with Crippen molar-refractivity contribution in [3.8, 4) is 0 Å². The van der Waals surface area contributed by atoms with Gasteiger partial charge in [-0.1, -0.05) is 53.9 Å². The molecule has 0 bridgehead atoms. The Morgan fingerprint density at radius 3 is 2.38 bits per heavy atom. The second kappa shape index (κ2) is 4.02. The third-order valence-corrected chi connectivity index (χ3v) is 3.91. The molecule has 0 N–H and O–H groups in total. The van der Waals surface area contributed by atoms with Crippen LogP contribution in [0.1, 0.15) is 60.3 Å². The van der Waals surface area contributed by atoms with Crippen molar-refractivity contribution in [2.24, 2.45) is 23.2 Å². The molecule has 1 fully saturated rings. The summed E-state index contributed by atoms with van der Waals surface area (Å²) in [5.41, 5.74) is 0.519. The van der Waals surface area contributed by atoms with Crippen LogP contribution >= 0.6 is 0 Å². The summed E-state index contributed by atoms with van der Waals surface area (Å²) in [4.78, 5) is 0. The van der Waals surface area contributed by atoms with Gasteiger partial charge in [-0.3, -0.25) is 0 Å². The van der Waals surface area contributed by atoms with Gasteiger partial charge >= 0.3 is 0 Å². The first kappa shape index (κ1) is 11.1. The fourth-order valence-corrected chi connectivity index (χ4v) is 2.32. The number of unbranched alkanes of at least 4 members (excludes halogenated alkanes) is 1. The van der Waals surface area contributed by atoms with E-state index in [2.05, 4.69) is 34.6 Å². The molecule has 0 saturated heterocycles. The van der Waals surface area contributed by atoms with Gasteiger partial charge in [0.05, 0.1) is 0 Å². The molecular formula is C13H26. The maximum atomic E-state index is 2.44. The molecule has 0 aromatic rings. The molecule has 0 aromatic heterocycles. The monoisotopic (exact) mass is 182 g/mol. The van der Waals surface area contributed by atoms with E-state index in [1.165, 1.54) is 25.7 Å². The Morgan fingerprint density at radius 2 is 1.92 bits per heavy atom. The highest BCUT2D eigenvalue weighted by Crippen LogP contribution is 2.52. The maximum absolute atomic E-state index is 2.44. The third kappa shape index (κ3) is 3.00. The highest BCUT2D eigenvalue weighted by atomic mass is 14.5. The van der Waals surface area contributed by atoms with Crippen LogP contribution in [0.15, 0.2) is 0 Å². The second-order valence-corrected chi connectivity index (χ2v) is 5.96. The number of rotatable bonds is 4. The van der Waals surface area contributed by atoms with Crippen molar-refractivity contribution in [1.82, 2.24) is 0 Å². The fourth-order valence-electron chi connectivity index (χ4n) is 2.32. The first-order valence-electron chi connectivity index (χ1n) is 5.96. The number of hydrogen-bond acceptors (Lipinski definition) is 0. The van der Waals surface area contributed by atoms with Crippen LogP contribution in [0.5, 0.6) is 0 Å². The van der Waals surface area contributed by atoms with E-state index in [0.29, 0.717) is 5.41 Å². The maximum Gasteiger partial charge on any atom is -0.0352 e. The second-order valence-electron chi connectivity index (χ2n) is 5.96.